The van der Waals surface area contributed by atoms with Crippen molar-refractivity contribution in [2.24, 2.45) is 5.41 Å². The summed E-state index contributed by atoms with van der Waals surface area (Å²) in [6.45, 7) is 10.5. The average molecular weight is 99.2 g/mol. The number of hydrogen-bond donors (Lipinski definition) is 0. The maximum absolute atomic E-state index is 3.83. The van der Waals surface area contributed by atoms with Gasteiger partial charge in [-0.25, -0.2) is 0 Å². The lowest BCUT2D eigenvalue weighted by atomic mass is 9.88. The Morgan fingerprint density at radius 1 is 1.43 bits per heavy atom. The van der Waals surface area contributed by atoms with Gasteiger partial charge in [0, 0.05) is 0 Å². The van der Waals surface area contributed by atoms with Gasteiger partial charge in [0.15, 0.2) is 0 Å². The summed E-state index contributed by atoms with van der Waals surface area (Å²) in [5.74, 6) is 0. The minimum atomic E-state index is 0.472. The van der Waals surface area contributed by atoms with Crippen LogP contribution in [-0.4, -0.2) is 0 Å². The minimum absolute atomic E-state index is 0.472. The first-order chi connectivity index (χ1) is 3.12. The van der Waals surface area contributed by atoms with E-state index in [0.717, 1.165) is 6.42 Å². The van der Waals surface area contributed by atoms with Gasteiger partial charge in [0.1, 0.15) is 0 Å². The van der Waals surface area contributed by atoms with Gasteiger partial charge in [-0.1, -0.05) is 34.1 Å². The van der Waals surface area contributed by atoms with Gasteiger partial charge in [-0.2, -0.15) is 0 Å². The van der Waals surface area contributed by atoms with Gasteiger partial charge in [-0.15, -0.1) is 0 Å². The van der Waals surface area contributed by atoms with Crippen molar-refractivity contribution >= 4 is 0 Å². The molecule has 0 spiro atoms. The second kappa shape index (κ2) is 2.34. The predicted octanol–water partition coefficient (Wildman–Crippen LogP) is 2.65. The molecule has 0 aromatic rings. The zero-order valence-electron chi connectivity index (χ0n) is 5.62. The first kappa shape index (κ1) is 7.00. The van der Waals surface area contributed by atoms with Gasteiger partial charge in [-0.05, 0) is 11.8 Å². The Hall–Kier alpha value is 0. The van der Waals surface area contributed by atoms with Gasteiger partial charge in [0.05, 0.1) is 0 Å². The van der Waals surface area contributed by atoms with Crippen LogP contribution in [0.2, 0.25) is 0 Å². The molecule has 0 aliphatic rings. The monoisotopic (exact) mass is 99.1 g/mol. The number of rotatable bonds is 2. The van der Waals surface area contributed by atoms with Crippen LogP contribution in [0, 0.1) is 12.3 Å². The molecule has 0 unspecified atom stereocenters. The molecule has 0 saturated carbocycles. The largest absolute Gasteiger partial charge is 0.0649 e. The van der Waals surface area contributed by atoms with Gasteiger partial charge in [0.2, 0.25) is 0 Å². The Morgan fingerprint density at radius 2 is 1.86 bits per heavy atom. The highest BCUT2D eigenvalue weighted by atomic mass is 14.1. The highest BCUT2D eigenvalue weighted by Gasteiger charge is 2.09. The minimum Gasteiger partial charge on any atom is -0.0649 e. The smallest absolute Gasteiger partial charge is 0.0357 e. The molecule has 0 aromatic heterocycles. The molecule has 0 heterocycles. The van der Waals surface area contributed by atoms with Crippen molar-refractivity contribution in [2.75, 3.05) is 0 Å². The first-order valence-electron chi connectivity index (χ1n) is 2.91. The summed E-state index contributed by atoms with van der Waals surface area (Å²) in [4.78, 5) is 0. The maximum atomic E-state index is 3.83. The highest BCUT2D eigenvalue weighted by Crippen LogP contribution is 2.22. The fourth-order valence-electron chi connectivity index (χ4n) is 0.177. The molecule has 0 heteroatoms. The van der Waals surface area contributed by atoms with Crippen molar-refractivity contribution in [3.8, 4) is 0 Å². The van der Waals surface area contributed by atoms with Crippen molar-refractivity contribution in [1.29, 1.82) is 0 Å². The predicted molar refractivity (Wildman–Crippen MR) is 34.0 cm³/mol. The lowest BCUT2D eigenvalue weighted by Crippen LogP contribution is -2.06. The fraction of sp³-hybridized carbons (Fsp3) is 0.857. The Morgan fingerprint density at radius 3 is 1.86 bits per heavy atom. The van der Waals surface area contributed by atoms with Crippen LogP contribution in [0.3, 0.4) is 0 Å². The Balaban J connectivity index is 3.36. The van der Waals surface area contributed by atoms with E-state index in [1.807, 2.05) is 0 Å². The molecule has 0 amide bonds. The summed E-state index contributed by atoms with van der Waals surface area (Å²) in [5, 5.41) is 0. The SMILES string of the molecule is [CH2]CC(C)(C)CC. The molecular formula is C7H15. The van der Waals surface area contributed by atoms with Gasteiger partial charge in [0.25, 0.3) is 0 Å². The summed E-state index contributed by atoms with van der Waals surface area (Å²) < 4.78 is 0. The summed E-state index contributed by atoms with van der Waals surface area (Å²) >= 11 is 0. The van der Waals surface area contributed by atoms with E-state index in [2.05, 4.69) is 27.7 Å². The molecule has 0 rings (SSSR count). The van der Waals surface area contributed by atoms with Crippen molar-refractivity contribution in [1.82, 2.24) is 0 Å². The van der Waals surface area contributed by atoms with Crippen molar-refractivity contribution in [2.45, 2.75) is 33.6 Å². The summed E-state index contributed by atoms with van der Waals surface area (Å²) in [5.41, 5.74) is 0.472. The molecule has 0 nitrogen and oxygen atoms in total. The van der Waals surface area contributed by atoms with Crippen molar-refractivity contribution in [3.63, 3.8) is 0 Å². The van der Waals surface area contributed by atoms with E-state index >= 15 is 0 Å². The average Bonchev–Trinajstić information content (AvgIpc) is 1.68. The molecule has 0 fully saturated rings. The van der Waals surface area contributed by atoms with Gasteiger partial charge in [-0.3, -0.25) is 0 Å². The van der Waals surface area contributed by atoms with E-state index in [4.69, 9.17) is 0 Å². The molecule has 0 aromatic carbocycles. The third-order valence-corrected chi connectivity index (χ3v) is 1.63. The molecule has 0 N–H and O–H groups in total. The van der Waals surface area contributed by atoms with E-state index in [1.54, 1.807) is 0 Å². The topological polar surface area (TPSA) is 0 Å². The Kier molecular flexibility index (Phi) is 2.34. The number of hydrogen-bond acceptors (Lipinski definition) is 0. The van der Waals surface area contributed by atoms with Crippen LogP contribution >= 0.6 is 0 Å². The molecule has 0 atom stereocenters. The second-order valence-electron chi connectivity index (χ2n) is 2.77. The molecule has 43 valence electrons. The molecule has 7 heavy (non-hydrogen) atoms. The Bertz CT molecular complexity index is 38.0. The summed E-state index contributed by atoms with van der Waals surface area (Å²) in [6.07, 6.45) is 2.28. The van der Waals surface area contributed by atoms with Crippen molar-refractivity contribution < 1.29 is 0 Å². The fourth-order valence-corrected chi connectivity index (χ4v) is 0.177. The lowest BCUT2D eigenvalue weighted by Gasteiger charge is -2.18. The summed E-state index contributed by atoms with van der Waals surface area (Å²) in [6, 6.07) is 0. The molecule has 0 saturated heterocycles. The van der Waals surface area contributed by atoms with E-state index < -0.39 is 0 Å². The first-order valence-corrected chi connectivity index (χ1v) is 2.91. The lowest BCUT2D eigenvalue weighted by molar-refractivity contribution is 0.355. The van der Waals surface area contributed by atoms with Crippen LogP contribution in [0.15, 0.2) is 0 Å². The van der Waals surface area contributed by atoms with Crippen LogP contribution in [0.5, 0.6) is 0 Å². The van der Waals surface area contributed by atoms with Crippen LogP contribution in [0.4, 0.5) is 0 Å². The zero-order chi connectivity index (χ0) is 5.91. The Labute approximate surface area is 46.9 Å². The van der Waals surface area contributed by atoms with Gasteiger partial charge < -0.3 is 0 Å². The van der Waals surface area contributed by atoms with E-state index in [1.165, 1.54) is 6.42 Å². The highest BCUT2D eigenvalue weighted by molar-refractivity contribution is 4.66. The molecule has 0 aliphatic heterocycles. The second-order valence-corrected chi connectivity index (χ2v) is 2.77. The van der Waals surface area contributed by atoms with Crippen molar-refractivity contribution in [3.05, 3.63) is 6.92 Å². The molecule has 1 radical (unpaired) electrons. The van der Waals surface area contributed by atoms with E-state index in [-0.39, 0.29) is 0 Å². The zero-order valence-corrected chi connectivity index (χ0v) is 5.62. The van der Waals surface area contributed by atoms with Gasteiger partial charge >= 0.3 is 0 Å². The third-order valence-electron chi connectivity index (χ3n) is 1.63. The molecule has 0 aliphatic carbocycles. The summed E-state index contributed by atoms with van der Waals surface area (Å²) in [7, 11) is 0. The molecular weight excluding hydrogens is 84.1 g/mol. The van der Waals surface area contributed by atoms with E-state index in [0.29, 0.717) is 5.41 Å². The molecule has 0 bridgehead atoms. The normalized spacial score (nSPS) is 12.0. The van der Waals surface area contributed by atoms with Crippen LogP contribution in [0.25, 0.3) is 0 Å². The van der Waals surface area contributed by atoms with E-state index in [9.17, 15) is 0 Å². The maximum Gasteiger partial charge on any atom is -0.0357 e. The quantitative estimate of drug-likeness (QED) is 0.499. The van der Waals surface area contributed by atoms with Crippen LogP contribution < -0.4 is 0 Å². The standard InChI is InChI=1S/C7H15/c1-5-7(3,4)6-2/h1,5-6H2,2-4H3. The van der Waals surface area contributed by atoms with Crippen LogP contribution in [-0.2, 0) is 0 Å². The third kappa shape index (κ3) is 2.67. The van der Waals surface area contributed by atoms with Crippen LogP contribution in [0.1, 0.15) is 33.6 Å².